The minimum atomic E-state index is -0.214. The number of nitrogens with one attached hydrogen (secondary N) is 1. The highest BCUT2D eigenvalue weighted by Crippen LogP contribution is 2.26. The Morgan fingerprint density at radius 3 is 2.70 bits per heavy atom. The molecule has 0 aliphatic carbocycles. The number of aryl methyl sites for hydroxylation is 1. The van der Waals surface area contributed by atoms with Gasteiger partial charge in [0.05, 0.1) is 13.2 Å². The topological polar surface area (TPSA) is 51.5 Å². The molecule has 0 saturated heterocycles. The van der Waals surface area contributed by atoms with Crippen LogP contribution < -0.4 is 10.1 Å². The van der Waals surface area contributed by atoms with E-state index in [0.29, 0.717) is 5.76 Å². The number of furan rings is 1. The van der Waals surface area contributed by atoms with Crippen LogP contribution in [0.5, 0.6) is 5.75 Å². The van der Waals surface area contributed by atoms with E-state index in [-0.39, 0.29) is 11.9 Å². The van der Waals surface area contributed by atoms with Gasteiger partial charge in [-0.05, 0) is 37.6 Å². The number of rotatable bonds is 4. The number of amides is 1. The summed E-state index contributed by atoms with van der Waals surface area (Å²) >= 11 is 0. The molecule has 23 heavy (non-hydrogen) atoms. The summed E-state index contributed by atoms with van der Waals surface area (Å²) in [6.07, 6.45) is 0. The number of hydrogen-bond acceptors (Lipinski definition) is 3. The number of para-hydroxylation sites is 1. The molecule has 0 aliphatic heterocycles. The fourth-order valence-corrected chi connectivity index (χ4v) is 2.65. The number of benzene rings is 2. The van der Waals surface area contributed by atoms with Crippen LogP contribution in [0.1, 0.15) is 34.6 Å². The number of ether oxygens (including phenoxy) is 1. The third-order valence-corrected chi connectivity index (χ3v) is 3.99. The van der Waals surface area contributed by atoms with Crippen molar-refractivity contribution in [1.29, 1.82) is 0 Å². The molecule has 4 heteroatoms. The van der Waals surface area contributed by atoms with Crippen molar-refractivity contribution in [3.63, 3.8) is 0 Å². The molecule has 0 aliphatic rings. The van der Waals surface area contributed by atoms with Gasteiger partial charge in [-0.25, -0.2) is 0 Å². The summed E-state index contributed by atoms with van der Waals surface area (Å²) in [5.74, 6) is 0.915. The lowest BCUT2D eigenvalue weighted by Gasteiger charge is -2.14. The zero-order valence-corrected chi connectivity index (χ0v) is 13.4. The molecule has 1 atom stereocenters. The van der Waals surface area contributed by atoms with Crippen LogP contribution in [-0.4, -0.2) is 13.0 Å². The normalized spacial score (nSPS) is 12.1. The van der Waals surface area contributed by atoms with Crippen molar-refractivity contribution in [2.24, 2.45) is 0 Å². The molecule has 0 bridgehead atoms. The van der Waals surface area contributed by atoms with Gasteiger partial charge in [0, 0.05) is 10.9 Å². The van der Waals surface area contributed by atoms with Crippen molar-refractivity contribution in [2.45, 2.75) is 19.9 Å². The number of fused-ring (bicyclic) bond motifs is 1. The maximum Gasteiger partial charge on any atom is 0.287 e. The Morgan fingerprint density at radius 1 is 1.17 bits per heavy atom. The lowest BCUT2D eigenvalue weighted by molar-refractivity contribution is 0.0913. The summed E-state index contributed by atoms with van der Waals surface area (Å²) in [5, 5.41) is 3.94. The lowest BCUT2D eigenvalue weighted by Crippen LogP contribution is -2.26. The molecule has 3 aromatic rings. The Balaban J connectivity index is 1.83. The Hall–Kier alpha value is -2.75. The second kappa shape index (κ2) is 6.16. The number of methoxy groups -OCH3 is 1. The average molecular weight is 309 g/mol. The summed E-state index contributed by atoms with van der Waals surface area (Å²) < 4.78 is 10.9. The van der Waals surface area contributed by atoms with E-state index in [9.17, 15) is 4.79 Å². The predicted molar refractivity (Wildman–Crippen MR) is 89.8 cm³/mol. The molecule has 0 fully saturated rings. The third kappa shape index (κ3) is 2.93. The van der Waals surface area contributed by atoms with Crippen molar-refractivity contribution in [3.05, 3.63) is 65.4 Å². The van der Waals surface area contributed by atoms with Gasteiger partial charge in [-0.3, -0.25) is 4.79 Å². The average Bonchev–Trinajstić information content (AvgIpc) is 2.92. The van der Waals surface area contributed by atoms with Crippen LogP contribution in [0.25, 0.3) is 11.0 Å². The predicted octanol–water partition coefficient (Wildman–Crippen LogP) is 4.24. The van der Waals surface area contributed by atoms with Crippen molar-refractivity contribution in [2.75, 3.05) is 7.11 Å². The first-order valence-corrected chi connectivity index (χ1v) is 7.53. The van der Waals surface area contributed by atoms with Crippen LogP contribution in [-0.2, 0) is 0 Å². The standard InChI is InChI=1S/C19H19NO3/c1-12-16-9-4-5-10-17(16)23-18(12)19(21)20-13(2)14-7-6-8-15(11-14)22-3/h4-11,13H,1-3H3,(H,20,21)/t13-/m1/s1. The van der Waals surface area contributed by atoms with E-state index in [4.69, 9.17) is 9.15 Å². The summed E-state index contributed by atoms with van der Waals surface area (Å²) in [4.78, 5) is 12.5. The summed E-state index contributed by atoms with van der Waals surface area (Å²) in [7, 11) is 1.63. The molecule has 0 radical (unpaired) electrons. The fourth-order valence-electron chi connectivity index (χ4n) is 2.65. The highest BCUT2D eigenvalue weighted by atomic mass is 16.5. The molecule has 0 saturated carbocycles. The van der Waals surface area contributed by atoms with Crippen LogP contribution in [0.3, 0.4) is 0 Å². The minimum absolute atomic E-state index is 0.148. The molecule has 4 nitrogen and oxygen atoms in total. The second-order valence-electron chi connectivity index (χ2n) is 5.52. The molecule has 1 heterocycles. The molecular weight excluding hydrogens is 290 g/mol. The van der Waals surface area contributed by atoms with Gasteiger partial charge in [0.1, 0.15) is 11.3 Å². The molecule has 1 aromatic heterocycles. The van der Waals surface area contributed by atoms with Gasteiger partial charge in [0.25, 0.3) is 5.91 Å². The van der Waals surface area contributed by atoms with E-state index in [1.807, 2.05) is 62.4 Å². The maximum atomic E-state index is 12.5. The minimum Gasteiger partial charge on any atom is -0.497 e. The molecule has 1 N–H and O–H groups in total. The highest BCUT2D eigenvalue weighted by Gasteiger charge is 2.19. The van der Waals surface area contributed by atoms with Crippen LogP contribution in [0.2, 0.25) is 0 Å². The van der Waals surface area contributed by atoms with Crippen LogP contribution in [0, 0.1) is 6.92 Å². The number of carbonyl (C=O) groups excluding carboxylic acids is 1. The zero-order valence-electron chi connectivity index (χ0n) is 13.4. The van der Waals surface area contributed by atoms with E-state index in [0.717, 1.165) is 27.8 Å². The van der Waals surface area contributed by atoms with Crippen LogP contribution in [0.4, 0.5) is 0 Å². The number of hydrogen-bond donors (Lipinski definition) is 1. The van der Waals surface area contributed by atoms with Gasteiger partial charge < -0.3 is 14.5 Å². The van der Waals surface area contributed by atoms with Gasteiger partial charge in [-0.2, -0.15) is 0 Å². The first-order valence-electron chi connectivity index (χ1n) is 7.53. The van der Waals surface area contributed by atoms with Crippen molar-refractivity contribution >= 4 is 16.9 Å². The Kier molecular flexibility index (Phi) is 4.06. The fraction of sp³-hybridized carbons (Fsp3) is 0.211. The van der Waals surface area contributed by atoms with E-state index in [2.05, 4.69) is 5.32 Å². The van der Waals surface area contributed by atoms with Crippen molar-refractivity contribution < 1.29 is 13.9 Å². The lowest BCUT2D eigenvalue weighted by atomic mass is 10.1. The Labute approximate surface area is 135 Å². The van der Waals surface area contributed by atoms with Gasteiger partial charge in [0.2, 0.25) is 0 Å². The second-order valence-corrected chi connectivity index (χ2v) is 5.52. The van der Waals surface area contributed by atoms with E-state index in [1.54, 1.807) is 7.11 Å². The SMILES string of the molecule is COc1cccc([C@@H](C)NC(=O)c2oc3ccccc3c2C)c1. The smallest absolute Gasteiger partial charge is 0.287 e. The Morgan fingerprint density at radius 2 is 1.96 bits per heavy atom. The van der Waals surface area contributed by atoms with E-state index in [1.165, 1.54) is 0 Å². The summed E-state index contributed by atoms with van der Waals surface area (Å²) in [6, 6.07) is 15.2. The van der Waals surface area contributed by atoms with Gasteiger partial charge in [-0.15, -0.1) is 0 Å². The summed E-state index contributed by atoms with van der Waals surface area (Å²) in [6.45, 7) is 3.83. The third-order valence-electron chi connectivity index (χ3n) is 3.99. The van der Waals surface area contributed by atoms with E-state index < -0.39 is 0 Å². The molecule has 0 unspecified atom stereocenters. The first kappa shape index (κ1) is 15.2. The first-order chi connectivity index (χ1) is 11.1. The monoisotopic (exact) mass is 309 g/mol. The van der Waals surface area contributed by atoms with Gasteiger partial charge >= 0.3 is 0 Å². The van der Waals surface area contributed by atoms with Crippen molar-refractivity contribution in [3.8, 4) is 5.75 Å². The van der Waals surface area contributed by atoms with Crippen LogP contribution >= 0.6 is 0 Å². The summed E-state index contributed by atoms with van der Waals surface area (Å²) in [5.41, 5.74) is 2.56. The van der Waals surface area contributed by atoms with Crippen LogP contribution in [0.15, 0.2) is 52.9 Å². The molecule has 2 aromatic carbocycles. The van der Waals surface area contributed by atoms with Gasteiger partial charge in [0.15, 0.2) is 5.76 Å². The van der Waals surface area contributed by atoms with Crippen molar-refractivity contribution in [1.82, 2.24) is 5.32 Å². The zero-order chi connectivity index (χ0) is 16.4. The maximum absolute atomic E-state index is 12.5. The molecule has 1 amide bonds. The van der Waals surface area contributed by atoms with Gasteiger partial charge in [-0.1, -0.05) is 30.3 Å². The molecule has 0 spiro atoms. The highest BCUT2D eigenvalue weighted by molar-refractivity contribution is 5.99. The quantitative estimate of drug-likeness (QED) is 0.784. The largest absolute Gasteiger partial charge is 0.497 e. The molecule has 118 valence electrons. The molecule has 3 rings (SSSR count). The number of carbonyl (C=O) groups is 1. The molecular formula is C19H19NO3. The van der Waals surface area contributed by atoms with E-state index >= 15 is 0 Å². The Bertz CT molecular complexity index is 851.